The van der Waals surface area contributed by atoms with Crippen LogP contribution in [0.2, 0.25) is 0 Å². The summed E-state index contributed by atoms with van der Waals surface area (Å²) in [7, 11) is 0. The highest BCUT2D eigenvalue weighted by atomic mass is 16.2. The van der Waals surface area contributed by atoms with Crippen molar-refractivity contribution in [2.24, 2.45) is 5.92 Å². The maximum absolute atomic E-state index is 13.3. The van der Waals surface area contributed by atoms with Crippen LogP contribution in [0.1, 0.15) is 50.6 Å². The molecule has 0 unspecified atom stereocenters. The molecule has 0 saturated heterocycles. The lowest BCUT2D eigenvalue weighted by molar-refractivity contribution is 0.0730. The Bertz CT molecular complexity index is 1370. The molecule has 1 saturated carbocycles. The van der Waals surface area contributed by atoms with Crippen molar-refractivity contribution < 1.29 is 9.59 Å². The first kappa shape index (κ1) is 20.7. The molecule has 1 fully saturated rings. The van der Waals surface area contributed by atoms with Crippen molar-refractivity contribution in [3.05, 3.63) is 83.1 Å². The fraction of sp³-hybridized carbons (Fsp3) is 0.308. The lowest BCUT2D eigenvalue weighted by Crippen LogP contribution is -2.37. The molecule has 0 atom stereocenters. The Morgan fingerprint density at radius 2 is 2.06 bits per heavy atom. The third-order valence-electron chi connectivity index (χ3n) is 6.72. The third kappa shape index (κ3) is 3.96. The van der Waals surface area contributed by atoms with Crippen LogP contribution >= 0.6 is 0 Å². The zero-order valence-corrected chi connectivity index (χ0v) is 18.8. The van der Waals surface area contributed by atoms with Crippen molar-refractivity contribution in [3.63, 3.8) is 0 Å². The van der Waals surface area contributed by atoms with Gasteiger partial charge in [-0.05, 0) is 55.2 Å². The predicted molar refractivity (Wildman–Crippen MR) is 127 cm³/mol. The van der Waals surface area contributed by atoms with E-state index in [4.69, 9.17) is 5.10 Å². The van der Waals surface area contributed by atoms with Crippen molar-refractivity contribution >= 4 is 22.7 Å². The average Bonchev–Trinajstić information content (AvgIpc) is 3.44. The molecule has 6 rings (SSSR count). The normalized spacial score (nSPS) is 15.4. The number of hydrogen-bond donors (Lipinski definition) is 2. The lowest BCUT2D eigenvalue weighted by Gasteiger charge is -2.28. The number of amides is 2. The number of rotatable bonds is 6. The highest BCUT2D eigenvalue weighted by molar-refractivity contribution is 5.99. The topological polar surface area (TPSA) is 95.9 Å². The van der Waals surface area contributed by atoms with Crippen molar-refractivity contribution in [1.29, 1.82) is 0 Å². The molecule has 1 aliphatic heterocycles. The SMILES string of the molecule is O=C(NCc1ccccn1)c1nn(CC2CC2)c2c1CN(C(=O)c1ccc3[nH]ccc3c1)CC2. The van der Waals surface area contributed by atoms with Crippen LogP contribution < -0.4 is 5.32 Å². The highest BCUT2D eigenvalue weighted by Crippen LogP contribution is 2.33. The number of aromatic amines is 1. The monoisotopic (exact) mass is 454 g/mol. The zero-order valence-electron chi connectivity index (χ0n) is 18.8. The number of nitrogens with one attached hydrogen (secondary N) is 2. The number of aromatic nitrogens is 4. The molecule has 0 radical (unpaired) electrons. The number of carbonyl (C=O) groups is 2. The number of fused-ring (bicyclic) bond motifs is 2. The Labute approximate surface area is 197 Å². The molecular formula is C26H26N6O2. The van der Waals surface area contributed by atoms with E-state index < -0.39 is 0 Å². The number of hydrogen-bond acceptors (Lipinski definition) is 4. The minimum absolute atomic E-state index is 0.0245. The van der Waals surface area contributed by atoms with Gasteiger partial charge in [0.25, 0.3) is 11.8 Å². The van der Waals surface area contributed by atoms with Gasteiger partial charge < -0.3 is 15.2 Å². The fourth-order valence-corrected chi connectivity index (χ4v) is 4.67. The first-order valence-corrected chi connectivity index (χ1v) is 11.8. The molecule has 1 aromatic carbocycles. The van der Waals surface area contributed by atoms with E-state index in [-0.39, 0.29) is 11.8 Å². The van der Waals surface area contributed by atoms with E-state index in [1.165, 1.54) is 12.8 Å². The van der Waals surface area contributed by atoms with E-state index in [1.807, 2.05) is 58.2 Å². The zero-order chi connectivity index (χ0) is 23.1. The first-order chi connectivity index (χ1) is 16.7. The number of carbonyl (C=O) groups excluding carboxylic acids is 2. The van der Waals surface area contributed by atoms with Gasteiger partial charge in [0.05, 0.1) is 18.8 Å². The molecule has 3 aromatic heterocycles. The van der Waals surface area contributed by atoms with E-state index in [0.29, 0.717) is 43.2 Å². The van der Waals surface area contributed by atoms with E-state index in [2.05, 4.69) is 15.3 Å². The standard InChI is InChI=1S/C26H26N6O2/c33-25(29-14-20-3-1-2-10-27-20)24-21-16-31(12-9-23(21)32(30-24)15-17-4-5-17)26(34)19-6-7-22-18(13-19)8-11-28-22/h1-3,6-8,10-11,13,17,28H,4-5,9,12,14-16H2,(H,29,33). The average molecular weight is 455 g/mol. The molecule has 2 N–H and O–H groups in total. The van der Waals surface area contributed by atoms with Crippen molar-refractivity contribution in [2.45, 2.75) is 38.9 Å². The molecule has 4 aromatic rings. The summed E-state index contributed by atoms with van der Waals surface area (Å²) in [6.07, 6.45) is 6.70. The molecule has 1 aliphatic carbocycles. The van der Waals surface area contributed by atoms with Gasteiger partial charge in [-0.2, -0.15) is 5.10 Å². The maximum Gasteiger partial charge on any atom is 0.272 e. The van der Waals surface area contributed by atoms with Gasteiger partial charge in [-0.1, -0.05) is 6.07 Å². The Balaban J connectivity index is 1.26. The highest BCUT2D eigenvalue weighted by Gasteiger charge is 2.32. The van der Waals surface area contributed by atoms with E-state index in [0.717, 1.165) is 34.4 Å². The molecule has 172 valence electrons. The number of nitrogens with zero attached hydrogens (tertiary/aromatic N) is 4. The summed E-state index contributed by atoms with van der Waals surface area (Å²) in [5.74, 6) is 0.393. The van der Waals surface area contributed by atoms with Crippen LogP contribution in [-0.2, 0) is 26.1 Å². The van der Waals surface area contributed by atoms with Gasteiger partial charge in [-0.3, -0.25) is 19.3 Å². The van der Waals surface area contributed by atoms with Gasteiger partial charge in [0, 0.05) is 59.6 Å². The van der Waals surface area contributed by atoms with Gasteiger partial charge in [-0.15, -0.1) is 0 Å². The van der Waals surface area contributed by atoms with Crippen LogP contribution in [0.25, 0.3) is 10.9 Å². The first-order valence-electron chi connectivity index (χ1n) is 11.8. The van der Waals surface area contributed by atoms with Gasteiger partial charge >= 0.3 is 0 Å². The summed E-state index contributed by atoms with van der Waals surface area (Å²) in [5.41, 5.74) is 4.82. The molecule has 0 spiro atoms. The maximum atomic E-state index is 13.3. The summed E-state index contributed by atoms with van der Waals surface area (Å²) in [6.45, 7) is 2.18. The number of benzene rings is 1. The molecule has 8 nitrogen and oxygen atoms in total. The van der Waals surface area contributed by atoms with Crippen molar-refractivity contribution in [3.8, 4) is 0 Å². The van der Waals surface area contributed by atoms with E-state index in [9.17, 15) is 9.59 Å². The molecular weight excluding hydrogens is 428 g/mol. The number of pyridine rings is 1. The second-order valence-corrected chi connectivity index (χ2v) is 9.16. The Morgan fingerprint density at radius 1 is 1.15 bits per heavy atom. The van der Waals surface area contributed by atoms with Gasteiger partial charge in [-0.25, -0.2) is 0 Å². The predicted octanol–water partition coefficient (Wildman–Crippen LogP) is 3.30. The summed E-state index contributed by atoms with van der Waals surface area (Å²) in [5, 5.41) is 8.69. The molecule has 34 heavy (non-hydrogen) atoms. The summed E-state index contributed by atoms with van der Waals surface area (Å²) >= 11 is 0. The molecule has 2 amide bonds. The minimum Gasteiger partial charge on any atom is -0.361 e. The van der Waals surface area contributed by atoms with Crippen LogP contribution in [0.3, 0.4) is 0 Å². The van der Waals surface area contributed by atoms with Gasteiger partial charge in [0.1, 0.15) is 0 Å². The van der Waals surface area contributed by atoms with Crippen molar-refractivity contribution in [1.82, 2.24) is 30.0 Å². The summed E-state index contributed by atoms with van der Waals surface area (Å²) < 4.78 is 2.01. The van der Waals surface area contributed by atoms with Gasteiger partial charge in [0.2, 0.25) is 0 Å². The van der Waals surface area contributed by atoms with Crippen LogP contribution in [0.5, 0.6) is 0 Å². The summed E-state index contributed by atoms with van der Waals surface area (Å²) in [4.78, 5) is 35.8. The Morgan fingerprint density at radius 3 is 2.88 bits per heavy atom. The molecule has 0 bridgehead atoms. The molecule has 2 aliphatic rings. The smallest absolute Gasteiger partial charge is 0.272 e. The second kappa shape index (κ2) is 8.44. The minimum atomic E-state index is -0.223. The third-order valence-corrected chi connectivity index (χ3v) is 6.72. The van der Waals surface area contributed by atoms with Crippen LogP contribution in [-0.4, -0.2) is 43.0 Å². The Hall–Kier alpha value is -3.94. The lowest BCUT2D eigenvalue weighted by atomic mass is 10.0. The quantitative estimate of drug-likeness (QED) is 0.467. The van der Waals surface area contributed by atoms with Crippen LogP contribution in [0.4, 0.5) is 0 Å². The largest absolute Gasteiger partial charge is 0.361 e. The van der Waals surface area contributed by atoms with Crippen LogP contribution in [0, 0.1) is 5.92 Å². The summed E-state index contributed by atoms with van der Waals surface area (Å²) in [6, 6.07) is 13.3. The van der Waals surface area contributed by atoms with Gasteiger partial charge in [0.15, 0.2) is 5.69 Å². The number of H-pyrrole nitrogens is 1. The molecule has 8 heteroatoms. The van der Waals surface area contributed by atoms with Crippen molar-refractivity contribution in [2.75, 3.05) is 6.54 Å². The van der Waals surface area contributed by atoms with E-state index >= 15 is 0 Å². The Kier molecular flexibility index (Phi) is 5.13. The van der Waals surface area contributed by atoms with Crippen LogP contribution in [0.15, 0.2) is 54.9 Å². The second-order valence-electron chi connectivity index (χ2n) is 9.16. The van der Waals surface area contributed by atoms with E-state index in [1.54, 1.807) is 6.20 Å². The fourth-order valence-electron chi connectivity index (χ4n) is 4.67. The molecule has 4 heterocycles.